The van der Waals surface area contributed by atoms with Crippen LogP contribution in [0, 0.1) is 6.92 Å². The van der Waals surface area contributed by atoms with Crippen molar-refractivity contribution in [2.75, 3.05) is 7.05 Å². The van der Waals surface area contributed by atoms with Crippen molar-refractivity contribution in [3.8, 4) is 0 Å². The van der Waals surface area contributed by atoms with Gasteiger partial charge in [-0.05, 0) is 13.3 Å². The third-order valence-electron chi connectivity index (χ3n) is 3.24. The number of rotatable bonds is 6. The molecule has 2 aromatic heterocycles. The van der Waals surface area contributed by atoms with Crippen LogP contribution in [-0.4, -0.2) is 28.3 Å². The van der Waals surface area contributed by atoms with E-state index in [0.717, 1.165) is 29.9 Å². The van der Waals surface area contributed by atoms with Crippen LogP contribution < -0.4 is 10.6 Å². The summed E-state index contributed by atoms with van der Waals surface area (Å²) < 4.78 is 10.4. The lowest BCUT2D eigenvalue weighted by molar-refractivity contribution is 0.371. The molecule has 2 rings (SSSR count). The first-order valence-corrected chi connectivity index (χ1v) is 7.37. The summed E-state index contributed by atoms with van der Waals surface area (Å²) >= 11 is 0. The molecule has 2 N–H and O–H groups in total. The standard InChI is InChI=1S/C14H22N6O2/c1-5-11-10(12(6-2)21-20-11)7-16-14(15-4)17-8-13-18-9(3)19-22-13/h5-8H2,1-4H3,(H2,15,16,17). The van der Waals surface area contributed by atoms with E-state index in [1.54, 1.807) is 14.0 Å². The average molecular weight is 306 g/mol. The summed E-state index contributed by atoms with van der Waals surface area (Å²) in [5.74, 6) is 2.70. The van der Waals surface area contributed by atoms with E-state index in [9.17, 15) is 0 Å². The van der Waals surface area contributed by atoms with Gasteiger partial charge in [0, 0.05) is 25.6 Å². The smallest absolute Gasteiger partial charge is 0.246 e. The molecule has 0 bridgehead atoms. The molecule has 0 spiro atoms. The molecule has 0 fully saturated rings. The molecule has 0 aromatic carbocycles. The van der Waals surface area contributed by atoms with Crippen LogP contribution in [0.5, 0.6) is 0 Å². The zero-order valence-corrected chi connectivity index (χ0v) is 13.4. The fraction of sp³-hybridized carbons (Fsp3) is 0.571. The number of nitrogens with zero attached hydrogens (tertiary/aromatic N) is 4. The molecular weight excluding hydrogens is 284 g/mol. The van der Waals surface area contributed by atoms with Crippen molar-refractivity contribution in [1.82, 2.24) is 25.9 Å². The molecule has 0 radical (unpaired) electrons. The molecule has 0 unspecified atom stereocenters. The molecule has 22 heavy (non-hydrogen) atoms. The van der Waals surface area contributed by atoms with Gasteiger partial charge >= 0.3 is 0 Å². The van der Waals surface area contributed by atoms with E-state index >= 15 is 0 Å². The second-order valence-corrected chi connectivity index (χ2v) is 4.75. The van der Waals surface area contributed by atoms with E-state index < -0.39 is 0 Å². The fourth-order valence-electron chi connectivity index (χ4n) is 2.10. The number of hydrogen-bond donors (Lipinski definition) is 2. The van der Waals surface area contributed by atoms with Gasteiger partial charge in [0.1, 0.15) is 5.76 Å². The molecule has 0 amide bonds. The first kappa shape index (κ1) is 16.0. The van der Waals surface area contributed by atoms with Crippen LogP contribution in [0.3, 0.4) is 0 Å². The largest absolute Gasteiger partial charge is 0.361 e. The topological polar surface area (TPSA) is 101 Å². The normalized spacial score (nSPS) is 11.7. The van der Waals surface area contributed by atoms with Crippen molar-refractivity contribution in [3.63, 3.8) is 0 Å². The third-order valence-corrected chi connectivity index (χ3v) is 3.24. The van der Waals surface area contributed by atoms with Gasteiger partial charge in [0.2, 0.25) is 5.89 Å². The molecule has 0 aliphatic heterocycles. The van der Waals surface area contributed by atoms with Crippen LogP contribution in [0.15, 0.2) is 14.0 Å². The van der Waals surface area contributed by atoms with Gasteiger partial charge in [-0.1, -0.05) is 24.2 Å². The van der Waals surface area contributed by atoms with Crippen LogP contribution >= 0.6 is 0 Å². The van der Waals surface area contributed by atoms with Crippen LogP contribution in [0.2, 0.25) is 0 Å². The molecule has 2 heterocycles. The van der Waals surface area contributed by atoms with Gasteiger partial charge in [-0.25, -0.2) is 0 Å². The Kier molecular flexibility index (Phi) is 5.51. The lowest BCUT2D eigenvalue weighted by Crippen LogP contribution is -2.36. The van der Waals surface area contributed by atoms with Gasteiger partial charge in [0.05, 0.1) is 12.2 Å². The van der Waals surface area contributed by atoms with Crippen molar-refractivity contribution < 1.29 is 9.05 Å². The monoisotopic (exact) mass is 306 g/mol. The Morgan fingerprint density at radius 1 is 1.09 bits per heavy atom. The minimum absolute atomic E-state index is 0.422. The van der Waals surface area contributed by atoms with Crippen molar-refractivity contribution in [2.45, 2.75) is 46.7 Å². The zero-order chi connectivity index (χ0) is 15.9. The van der Waals surface area contributed by atoms with E-state index in [4.69, 9.17) is 9.05 Å². The maximum absolute atomic E-state index is 5.35. The highest BCUT2D eigenvalue weighted by Crippen LogP contribution is 2.15. The van der Waals surface area contributed by atoms with E-state index in [1.807, 2.05) is 0 Å². The Morgan fingerprint density at radius 2 is 1.86 bits per heavy atom. The molecule has 120 valence electrons. The Hall–Kier alpha value is -2.38. The SMILES string of the molecule is CCc1noc(CC)c1CNC(=NC)NCc1nc(C)no1. The summed E-state index contributed by atoms with van der Waals surface area (Å²) in [6.45, 7) is 6.93. The van der Waals surface area contributed by atoms with Crippen LogP contribution in [0.1, 0.15) is 42.6 Å². The van der Waals surface area contributed by atoms with Gasteiger partial charge in [-0.15, -0.1) is 0 Å². The van der Waals surface area contributed by atoms with E-state index in [0.29, 0.717) is 30.8 Å². The maximum atomic E-state index is 5.35. The Bertz CT molecular complexity index is 610. The average Bonchev–Trinajstić information content (AvgIpc) is 3.13. The quantitative estimate of drug-likeness (QED) is 0.613. The Balaban J connectivity index is 1.92. The number of aromatic nitrogens is 3. The predicted octanol–water partition coefficient (Wildman–Crippen LogP) is 1.36. The van der Waals surface area contributed by atoms with Gasteiger partial charge < -0.3 is 19.7 Å². The highest BCUT2D eigenvalue weighted by molar-refractivity contribution is 5.79. The summed E-state index contributed by atoms with van der Waals surface area (Å²) in [6, 6.07) is 0. The summed E-state index contributed by atoms with van der Waals surface area (Å²) in [7, 11) is 1.71. The van der Waals surface area contributed by atoms with Gasteiger partial charge in [-0.3, -0.25) is 4.99 Å². The maximum Gasteiger partial charge on any atom is 0.246 e. The molecule has 8 heteroatoms. The number of aliphatic imine (C=N–C) groups is 1. The number of aryl methyl sites for hydroxylation is 3. The van der Waals surface area contributed by atoms with E-state index in [-0.39, 0.29) is 0 Å². The highest BCUT2D eigenvalue weighted by atomic mass is 16.5. The summed E-state index contributed by atoms with van der Waals surface area (Å²) in [5.41, 5.74) is 2.08. The predicted molar refractivity (Wildman–Crippen MR) is 81.3 cm³/mol. The number of guanidine groups is 1. The van der Waals surface area contributed by atoms with Crippen molar-refractivity contribution in [2.24, 2.45) is 4.99 Å². The molecule has 0 atom stereocenters. The molecular formula is C14H22N6O2. The second-order valence-electron chi connectivity index (χ2n) is 4.75. The molecule has 8 nitrogen and oxygen atoms in total. The van der Waals surface area contributed by atoms with Crippen molar-refractivity contribution in [3.05, 3.63) is 28.7 Å². The van der Waals surface area contributed by atoms with Gasteiger partial charge in [-0.2, -0.15) is 4.98 Å². The molecule has 0 saturated carbocycles. The molecule has 2 aromatic rings. The van der Waals surface area contributed by atoms with E-state index in [2.05, 4.69) is 44.8 Å². The van der Waals surface area contributed by atoms with Gasteiger partial charge in [0.15, 0.2) is 11.8 Å². The second kappa shape index (κ2) is 7.58. The van der Waals surface area contributed by atoms with Crippen LogP contribution in [-0.2, 0) is 25.9 Å². The van der Waals surface area contributed by atoms with Crippen LogP contribution in [0.25, 0.3) is 0 Å². The van der Waals surface area contributed by atoms with E-state index in [1.165, 1.54) is 0 Å². The Labute approximate surface area is 129 Å². The van der Waals surface area contributed by atoms with Crippen molar-refractivity contribution in [1.29, 1.82) is 0 Å². The molecule has 0 aliphatic carbocycles. The van der Waals surface area contributed by atoms with Gasteiger partial charge in [0.25, 0.3) is 0 Å². The summed E-state index contributed by atoms with van der Waals surface area (Å²) in [5, 5.41) is 14.2. The lowest BCUT2D eigenvalue weighted by Gasteiger charge is -2.10. The zero-order valence-electron chi connectivity index (χ0n) is 13.4. The third kappa shape index (κ3) is 3.84. The minimum Gasteiger partial charge on any atom is -0.361 e. The minimum atomic E-state index is 0.422. The molecule has 0 saturated heterocycles. The first-order valence-electron chi connectivity index (χ1n) is 7.37. The van der Waals surface area contributed by atoms with Crippen molar-refractivity contribution >= 4 is 5.96 Å². The molecule has 0 aliphatic rings. The fourth-order valence-corrected chi connectivity index (χ4v) is 2.10. The summed E-state index contributed by atoms with van der Waals surface area (Å²) in [6.07, 6.45) is 1.66. The summed E-state index contributed by atoms with van der Waals surface area (Å²) in [4.78, 5) is 8.31. The first-order chi connectivity index (χ1) is 10.7. The highest BCUT2D eigenvalue weighted by Gasteiger charge is 2.13. The van der Waals surface area contributed by atoms with Crippen LogP contribution in [0.4, 0.5) is 0 Å². The lowest BCUT2D eigenvalue weighted by atomic mass is 10.1. The number of hydrogen-bond acceptors (Lipinski definition) is 6. The Morgan fingerprint density at radius 3 is 2.45 bits per heavy atom. The number of nitrogens with one attached hydrogen (secondary N) is 2.